The topological polar surface area (TPSA) is 166 Å². The Bertz CT molecular complexity index is 2550. The SMILES string of the molecule is Cc1ccc(OS(=O)CCN=C=C(N(CCS(=O)Oc2ccc(C)cc2)CCS(=O)Oc2ccc(C)cc2)N(CCS(=O)(=O)c2ccc(C)cc2)CCS(=O)(=O)c2ccc(C)cc2)cc1. The van der Waals surface area contributed by atoms with Crippen molar-refractivity contribution in [3.05, 3.63) is 155 Å². The molecule has 0 heterocycles. The first-order valence-corrected chi connectivity index (χ1v) is 27.8. The molecule has 5 rings (SSSR count). The van der Waals surface area contributed by atoms with Crippen LogP contribution in [-0.2, 0) is 52.9 Å². The van der Waals surface area contributed by atoms with Crippen LogP contribution in [0.4, 0.5) is 0 Å². The van der Waals surface area contributed by atoms with Gasteiger partial charge in [0.2, 0.25) is 33.2 Å². The predicted molar refractivity (Wildman–Crippen MR) is 260 cm³/mol. The molecule has 0 saturated carbocycles. The zero-order chi connectivity index (χ0) is 47.0. The van der Waals surface area contributed by atoms with Crippen LogP contribution in [0.3, 0.4) is 0 Å². The average Bonchev–Trinajstić information content (AvgIpc) is 3.27. The minimum Gasteiger partial charge on any atom is -0.400 e. The van der Waals surface area contributed by atoms with E-state index in [0.29, 0.717) is 17.2 Å². The van der Waals surface area contributed by atoms with Gasteiger partial charge in [0, 0.05) is 32.0 Å². The largest absolute Gasteiger partial charge is 0.400 e. The van der Waals surface area contributed by atoms with E-state index in [2.05, 4.69) is 10.9 Å². The molecule has 0 aliphatic carbocycles. The standard InChI is InChI=1S/C47H55N3O10S5/c1-37-6-16-42(17-7-37)58-61(51)31-26-48-36-47(49(27-32-62(52)59-43-18-8-38(2)9-19-43)28-33-63(53)60-44-20-10-39(3)11-21-44)50(29-34-64(54,55)45-22-12-40(4)13-23-45)30-35-65(56,57)46-24-14-41(5)15-25-46/h6-25H,26-35H2,1-5H3. The van der Waals surface area contributed by atoms with E-state index in [9.17, 15) is 29.5 Å². The number of rotatable bonds is 25. The summed E-state index contributed by atoms with van der Waals surface area (Å²) < 4.78 is 112. The molecule has 3 atom stereocenters. The molecule has 0 spiro atoms. The quantitative estimate of drug-likeness (QED) is 0.0562. The van der Waals surface area contributed by atoms with E-state index in [-0.39, 0.29) is 65.6 Å². The molecule has 5 aromatic carbocycles. The van der Waals surface area contributed by atoms with E-state index in [1.807, 2.05) is 71.0 Å². The molecule has 13 nitrogen and oxygen atoms in total. The number of aryl methyl sites for hydroxylation is 5. The van der Waals surface area contributed by atoms with Crippen LogP contribution in [-0.4, -0.2) is 107 Å². The fourth-order valence-electron chi connectivity index (χ4n) is 6.02. The minimum absolute atomic E-state index is 0.0214. The van der Waals surface area contributed by atoms with E-state index in [4.69, 9.17) is 12.5 Å². The van der Waals surface area contributed by atoms with Gasteiger partial charge in [-0.2, -0.15) is 0 Å². The molecule has 348 valence electrons. The van der Waals surface area contributed by atoms with Gasteiger partial charge in [0.25, 0.3) is 0 Å². The first kappa shape index (κ1) is 50.9. The van der Waals surface area contributed by atoms with Crippen molar-refractivity contribution in [2.75, 3.05) is 61.5 Å². The van der Waals surface area contributed by atoms with E-state index < -0.39 is 64.4 Å². The second kappa shape index (κ2) is 24.4. The number of aliphatic imine (C=N–C) groups is 1. The number of hydrogen-bond acceptors (Lipinski definition) is 13. The van der Waals surface area contributed by atoms with E-state index in [0.717, 1.165) is 27.8 Å². The summed E-state index contributed by atoms with van der Waals surface area (Å²) in [6.07, 6.45) is 0. The summed E-state index contributed by atoms with van der Waals surface area (Å²) in [7, 11) is -7.83. The maximum Gasteiger partial charge on any atom is 0.208 e. The molecule has 0 aliphatic heterocycles. The van der Waals surface area contributed by atoms with Gasteiger partial charge in [0.1, 0.15) is 17.2 Å². The monoisotopic (exact) mass is 981 g/mol. The molecule has 0 aliphatic rings. The van der Waals surface area contributed by atoms with Crippen molar-refractivity contribution in [3.63, 3.8) is 0 Å². The van der Waals surface area contributed by atoms with Gasteiger partial charge >= 0.3 is 0 Å². The Balaban J connectivity index is 1.52. The number of nitrogens with zero attached hydrogens (tertiary/aromatic N) is 3. The first-order chi connectivity index (χ1) is 31.0. The molecule has 0 bridgehead atoms. The Morgan fingerprint density at radius 2 is 0.754 bits per heavy atom. The molecule has 18 heteroatoms. The fourth-order valence-corrected chi connectivity index (χ4v) is 10.7. The maximum atomic E-state index is 13.8. The highest BCUT2D eigenvalue weighted by molar-refractivity contribution is 7.91. The smallest absolute Gasteiger partial charge is 0.208 e. The van der Waals surface area contributed by atoms with Crippen LogP contribution in [0.15, 0.2) is 142 Å². The Morgan fingerprint density at radius 1 is 0.462 bits per heavy atom. The van der Waals surface area contributed by atoms with Crippen LogP contribution >= 0.6 is 0 Å². The molecule has 0 radical (unpaired) electrons. The lowest BCUT2D eigenvalue weighted by atomic mass is 10.2. The summed E-state index contributed by atoms with van der Waals surface area (Å²) >= 11 is -5.57. The van der Waals surface area contributed by atoms with Crippen LogP contribution < -0.4 is 12.5 Å². The van der Waals surface area contributed by atoms with Gasteiger partial charge in [-0.25, -0.2) is 34.5 Å². The van der Waals surface area contributed by atoms with Crippen LogP contribution in [0, 0.1) is 34.6 Å². The Morgan fingerprint density at radius 3 is 1.09 bits per heavy atom. The summed E-state index contributed by atoms with van der Waals surface area (Å²) in [4.78, 5) is 7.88. The van der Waals surface area contributed by atoms with Crippen molar-refractivity contribution in [2.24, 2.45) is 4.99 Å². The van der Waals surface area contributed by atoms with Crippen molar-refractivity contribution in [2.45, 2.75) is 44.4 Å². The number of benzene rings is 5. The number of sulfone groups is 2. The summed E-state index contributed by atoms with van der Waals surface area (Å²) in [5, 5.41) is 0. The molecular weight excluding hydrogens is 927 g/mol. The molecular formula is C47H55N3O10S5. The Kier molecular flexibility index (Phi) is 19.1. The third-order valence-corrected chi connectivity index (χ3v) is 16.0. The third-order valence-electron chi connectivity index (χ3n) is 9.85. The van der Waals surface area contributed by atoms with Gasteiger partial charge in [0.05, 0.1) is 45.1 Å². The Labute approximate surface area is 391 Å². The lowest BCUT2D eigenvalue weighted by Crippen LogP contribution is -2.43. The summed E-state index contributed by atoms with van der Waals surface area (Å²) in [5.41, 5.74) is 4.74. The molecule has 0 N–H and O–H groups in total. The zero-order valence-electron chi connectivity index (χ0n) is 37.1. The van der Waals surface area contributed by atoms with E-state index in [1.54, 1.807) is 70.5 Å². The second-order valence-electron chi connectivity index (χ2n) is 15.3. The van der Waals surface area contributed by atoms with Gasteiger partial charge < -0.3 is 22.3 Å². The van der Waals surface area contributed by atoms with Gasteiger partial charge in [-0.3, -0.25) is 0 Å². The molecule has 0 aromatic heterocycles. The van der Waals surface area contributed by atoms with Crippen LogP contribution in [0.2, 0.25) is 0 Å². The molecule has 0 saturated heterocycles. The minimum atomic E-state index is -3.91. The van der Waals surface area contributed by atoms with Crippen LogP contribution in [0.1, 0.15) is 27.8 Å². The van der Waals surface area contributed by atoms with Crippen molar-refractivity contribution < 1.29 is 42.0 Å². The normalized spacial score (nSPS) is 12.9. The van der Waals surface area contributed by atoms with Gasteiger partial charge in [-0.15, -0.1) is 0 Å². The second-order valence-corrected chi connectivity index (χ2v) is 23.0. The molecule has 3 unspecified atom stereocenters. The average molecular weight is 982 g/mol. The van der Waals surface area contributed by atoms with Crippen molar-refractivity contribution in [1.29, 1.82) is 0 Å². The summed E-state index contributed by atoms with van der Waals surface area (Å²) in [6.45, 7) is 8.91. The van der Waals surface area contributed by atoms with Gasteiger partial charge in [0.15, 0.2) is 25.5 Å². The van der Waals surface area contributed by atoms with E-state index >= 15 is 0 Å². The molecule has 0 amide bonds. The lowest BCUT2D eigenvalue weighted by molar-refractivity contribution is 0.243. The molecule has 5 aromatic rings. The lowest BCUT2D eigenvalue weighted by Gasteiger charge is -2.34. The summed E-state index contributed by atoms with van der Waals surface area (Å²) in [5.74, 6) is 3.25. The summed E-state index contributed by atoms with van der Waals surface area (Å²) in [6, 6.07) is 34.0. The van der Waals surface area contributed by atoms with E-state index in [1.165, 1.54) is 24.3 Å². The van der Waals surface area contributed by atoms with Crippen molar-refractivity contribution in [1.82, 2.24) is 9.80 Å². The highest BCUT2D eigenvalue weighted by Crippen LogP contribution is 2.20. The van der Waals surface area contributed by atoms with Crippen molar-refractivity contribution >= 4 is 58.8 Å². The van der Waals surface area contributed by atoms with Gasteiger partial charge in [-0.1, -0.05) is 88.5 Å². The zero-order valence-corrected chi connectivity index (χ0v) is 41.2. The fraction of sp³-hybridized carbons (Fsp3) is 0.319. The number of hydrogen-bond donors (Lipinski definition) is 0. The third kappa shape index (κ3) is 17.0. The highest BCUT2D eigenvalue weighted by atomic mass is 32.2. The van der Waals surface area contributed by atoms with Crippen molar-refractivity contribution in [3.8, 4) is 17.2 Å². The van der Waals surface area contributed by atoms with Crippen LogP contribution in [0.25, 0.3) is 0 Å². The Hall–Kier alpha value is -5.10. The molecule has 65 heavy (non-hydrogen) atoms. The van der Waals surface area contributed by atoms with Crippen LogP contribution in [0.5, 0.6) is 17.2 Å². The highest BCUT2D eigenvalue weighted by Gasteiger charge is 2.26. The maximum absolute atomic E-state index is 13.8. The predicted octanol–water partition coefficient (Wildman–Crippen LogP) is 6.82. The first-order valence-electron chi connectivity index (χ1n) is 20.7. The molecule has 0 fully saturated rings. The van der Waals surface area contributed by atoms with Gasteiger partial charge in [-0.05, 0) is 95.3 Å².